The van der Waals surface area contributed by atoms with Crippen molar-refractivity contribution in [2.75, 3.05) is 20.1 Å². The molecule has 0 N–H and O–H groups in total. The van der Waals surface area contributed by atoms with Gasteiger partial charge in [-0.3, -0.25) is 0 Å². The standard InChI is InChI=1S/C11H12ClF2NO/c1-15(16)6-5-11(14,7-15)8-3-2-4-9(12)10(8)13/h2-4H,5-7H2,1H3. The Kier molecular flexibility index (Phi) is 2.69. The van der Waals surface area contributed by atoms with Gasteiger partial charge in [0.2, 0.25) is 0 Å². The van der Waals surface area contributed by atoms with Crippen LogP contribution in [-0.4, -0.2) is 24.8 Å². The van der Waals surface area contributed by atoms with Gasteiger partial charge in [-0.2, -0.15) is 0 Å². The topological polar surface area (TPSA) is 23.1 Å². The molecule has 5 heteroatoms. The van der Waals surface area contributed by atoms with Gasteiger partial charge in [-0.05, 0) is 6.07 Å². The molecule has 2 unspecified atom stereocenters. The summed E-state index contributed by atoms with van der Waals surface area (Å²) in [6, 6.07) is 4.21. The molecule has 0 aromatic heterocycles. The molecule has 1 aromatic rings. The van der Waals surface area contributed by atoms with Gasteiger partial charge < -0.3 is 9.85 Å². The van der Waals surface area contributed by atoms with Crippen LogP contribution < -0.4 is 0 Å². The van der Waals surface area contributed by atoms with Crippen molar-refractivity contribution in [1.29, 1.82) is 0 Å². The summed E-state index contributed by atoms with van der Waals surface area (Å²) in [4.78, 5) is 0. The Morgan fingerprint density at radius 1 is 1.50 bits per heavy atom. The Morgan fingerprint density at radius 3 is 2.75 bits per heavy atom. The predicted octanol–water partition coefficient (Wildman–Crippen LogP) is 2.99. The lowest BCUT2D eigenvalue weighted by atomic mass is 9.94. The zero-order valence-corrected chi connectivity index (χ0v) is 9.60. The molecule has 1 aliphatic rings. The molecule has 0 spiro atoms. The summed E-state index contributed by atoms with van der Waals surface area (Å²) in [5, 5.41) is 11.5. The van der Waals surface area contributed by atoms with E-state index in [1.807, 2.05) is 0 Å². The Morgan fingerprint density at radius 2 is 2.19 bits per heavy atom. The third-order valence-corrected chi connectivity index (χ3v) is 3.29. The van der Waals surface area contributed by atoms with E-state index in [2.05, 4.69) is 0 Å². The van der Waals surface area contributed by atoms with Gasteiger partial charge in [0.1, 0.15) is 12.4 Å². The summed E-state index contributed by atoms with van der Waals surface area (Å²) in [7, 11) is 1.39. The van der Waals surface area contributed by atoms with E-state index in [1.165, 1.54) is 25.2 Å². The summed E-state index contributed by atoms with van der Waals surface area (Å²) in [6.07, 6.45) is 0.0320. The number of likely N-dealkylation sites (N-methyl/N-ethyl adjacent to an activating group) is 1. The number of likely N-dealkylation sites (tertiary alicyclic amines) is 1. The molecule has 0 bridgehead atoms. The van der Waals surface area contributed by atoms with Crippen molar-refractivity contribution in [3.05, 3.63) is 39.8 Å². The molecule has 1 heterocycles. The van der Waals surface area contributed by atoms with Crippen LogP contribution in [0.25, 0.3) is 0 Å². The number of hydrogen-bond donors (Lipinski definition) is 0. The second-order valence-corrected chi connectivity index (χ2v) is 4.90. The number of alkyl halides is 1. The lowest BCUT2D eigenvalue weighted by molar-refractivity contribution is -0.850. The minimum absolute atomic E-state index is 0.0320. The van der Waals surface area contributed by atoms with Crippen LogP contribution in [0.1, 0.15) is 12.0 Å². The summed E-state index contributed by atoms with van der Waals surface area (Å²) in [5.74, 6) is -0.756. The summed E-state index contributed by atoms with van der Waals surface area (Å²) < 4.78 is 27.5. The molecule has 2 atom stereocenters. The van der Waals surface area contributed by atoms with Crippen molar-refractivity contribution in [2.24, 2.45) is 0 Å². The second-order valence-electron chi connectivity index (χ2n) is 4.50. The molecule has 1 fully saturated rings. The van der Waals surface area contributed by atoms with Crippen LogP contribution in [0.3, 0.4) is 0 Å². The van der Waals surface area contributed by atoms with Crippen LogP contribution in [0, 0.1) is 11.0 Å². The first-order valence-electron chi connectivity index (χ1n) is 5.03. The minimum atomic E-state index is -1.90. The monoisotopic (exact) mass is 247 g/mol. The zero-order chi connectivity index (χ0) is 12.0. The maximum atomic E-state index is 14.5. The molecular formula is C11H12ClF2NO. The normalized spacial score (nSPS) is 34.3. The van der Waals surface area contributed by atoms with E-state index in [0.717, 1.165) is 0 Å². The Balaban J connectivity index is 2.42. The molecule has 0 aliphatic carbocycles. The molecule has 1 aromatic carbocycles. The van der Waals surface area contributed by atoms with E-state index >= 15 is 0 Å². The van der Waals surface area contributed by atoms with Crippen molar-refractivity contribution in [1.82, 2.24) is 0 Å². The quantitative estimate of drug-likeness (QED) is 0.553. The number of quaternary nitrogens is 1. The fourth-order valence-electron chi connectivity index (χ4n) is 2.17. The first kappa shape index (κ1) is 11.8. The van der Waals surface area contributed by atoms with Crippen LogP contribution in [0.4, 0.5) is 8.78 Å². The number of nitrogens with zero attached hydrogens (tertiary/aromatic N) is 1. The van der Waals surface area contributed by atoms with Crippen LogP contribution >= 0.6 is 11.6 Å². The SMILES string of the molecule is C[N+]1([O-])CCC(F)(c2cccc(Cl)c2F)C1. The van der Waals surface area contributed by atoms with Gasteiger partial charge in [0, 0.05) is 12.0 Å². The van der Waals surface area contributed by atoms with E-state index in [4.69, 9.17) is 11.6 Å². The Labute approximate surface area is 97.6 Å². The van der Waals surface area contributed by atoms with E-state index in [9.17, 15) is 14.0 Å². The third-order valence-electron chi connectivity index (χ3n) is 3.00. The van der Waals surface area contributed by atoms with Gasteiger partial charge in [-0.15, -0.1) is 0 Å². The smallest absolute Gasteiger partial charge is 0.192 e. The van der Waals surface area contributed by atoms with E-state index in [0.29, 0.717) is 0 Å². The molecule has 1 aliphatic heterocycles. The third kappa shape index (κ3) is 1.93. The van der Waals surface area contributed by atoms with Crippen LogP contribution in [0.15, 0.2) is 18.2 Å². The van der Waals surface area contributed by atoms with Gasteiger partial charge in [0.05, 0.1) is 18.6 Å². The van der Waals surface area contributed by atoms with Crippen molar-refractivity contribution < 1.29 is 13.4 Å². The Bertz CT molecular complexity index is 424. The number of hydroxylamine groups is 3. The van der Waals surface area contributed by atoms with Crippen LogP contribution in [0.2, 0.25) is 5.02 Å². The maximum absolute atomic E-state index is 14.5. The van der Waals surface area contributed by atoms with E-state index < -0.39 is 16.1 Å². The molecule has 88 valence electrons. The van der Waals surface area contributed by atoms with Crippen LogP contribution in [0.5, 0.6) is 0 Å². The molecule has 0 radical (unpaired) electrons. The predicted molar refractivity (Wildman–Crippen MR) is 58.1 cm³/mol. The highest BCUT2D eigenvalue weighted by Gasteiger charge is 2.46. The highest BCUT2D eigenvalue weighted by Crippen LogP contribution is 2.40. The number of hydrogen-bond acceptors (Lipinski definition) is 1. The van der Waals surface area contributed by atoms with Crippen molar-refractivity contribution in [3.8, 4) is 0 Å². The molecule has 2 nitrogen and oxygen atoms in total. The molecule has 1 saturated heterocycles. The lowest BCUT2D eigenvalue weighted by Crippen LogP contribution is -2.37. The lowest BCUT2D eigenvalue weighted by Gasteiger charge is -2.34. The molecule has 0 saturated carbocycles. The van der Waals surface area contributed by atoms with Crippen LogP contribution in [-0.2, 0) is 5.67 Å². The number of benzene rings is 1. The van der Waals surface area contributed by atoms with Crippen molar-refractivity contribution >= 4 is 11.6 Å². The Hall–Kier alpha value is -0.710. The highest BCUT2D eigenvalue weighted by molar-refractivity contribution is 6.30. The van der Waals surface area contributed by atoms with Crippen molar-refractivity contribution in [2.45, 2.75) is 12.1 Å². The minimum Gasteiger partial charge on any atom is -0.633 e. The molecule has 0 amide bonds. The van der Waals surface area contributed by atoms with Gasteiger partial charge in [-0.1, -0.05) is 23.7 Å². The fourth-order valence-corrected chi connectivity index (χ4v) is 2.35. The summed E-state index contributed by atoms with van der Waals surface area (Å²) in [6.45, 7) is -0.104. The zero-order valence-electron chi connectivity index (χ0n) is 8.84. The average molecular weight is 248 g/mol. The average Bonchev–Trinajstić information content (AvgIpc) is 2.46. The summed E-state index contributed by atoms with van der Waals surface area (Å²) >= 11 is 5.60. The van der Waals surface area contributed by atoms with Gasteiger partial charge in [0.25, 0.3) is 0 Å². The van der Waals surface area contributed by atoms with Crippen molar-refractivity contribution in [3.63, 3.8) is 0 Å². The van der Waals surface area contributed by atoms with E-state index in [-0.39, 0.29) is 30.1 Å². The molecular weight excluding hydrogens is 236 g/mol. The first-order valence-corrected chi connectivity index (χ1v) is 5.41. The molecule has 2 rings (SSSR count). The number of rotatable bonds is 1. The van der Waals surface area contributed by atoms with Gasteiger partial charge >= 0.3 is 0 Å². The first-order chi connectivity index (χ1) is 7.34. The maximum Gasteiger partial charge on any atom is 0.192 e. The van der Waals surface area contributed by atoms with Gasteiger partial charge in [0.15, 0.2) is 5.67 Å². The largest absolute Gasteiger partial charge is 0.633 e. The highest BCUT2D eigenvalue weighted by atomic mass is 35.5. The van der Waals surface area contributed by atoms with E-state index in [1.54, 1.807) is 0 Å². The molecule has 16 heavy (non-hydrogen) atoms. The fraction of sp³-hybridized carbons (Fsp3) is 0.455. The summed E-state index contributed by atoms with van der Waals surface area (Å²) in [5.41, 5.74) is -2.00. The second kappa shape index (κ2) is 3.65. The van der Waals surface area contributed by atoms with Gasteiger partial charge in [-0.25, -0.2) is 8.78 Å². The number of halogens is 3.